The van der Waals surface area contributed by atoms with Crippen LogP contribution in [0.5, 0.6) is 17.2 Å². The van der Waals surface area contributed by atoms with Gasteiger partial charge in [0.15, 0.2) is 5.13 Å². The van der Waals surface area contributed by atoms with Crippen molar-refractivity contribution in [3.05, 3.63) is 101 Å². The molecule has 37 heavy (non-hydrogen) atoms. The molecule has 1 aromatic heterocycles. The van der Waals surface area contributed by atoms with Crippen molar-refractivity contribution < 1.29 is 18.9 Å². The zero-order valence-corrected chi connectivity index (χ0v) is 22.5. The van der Waals surface area contributed by atoms with Gasteiger partial charge in [-0.25, -0.2) is 4.98 Å². The third kappa shape index (κ3) is 7.97. The largest absolute Gasteiger partial charge is 0.497 e. The van der Waals surface area contributed by atoms with Crippen molar-refractivity contribution in [1.82, 2.24) is 4.98 Å². The second-order valence-electron chi connectivity index (χ2n) is 8.68. The number of ether oxygens (including phenoxy) is 4. The summed E-state index contributed by atoms with van der Waals surface area (Å²) in [6, 6.07) is 24.5. The Morgan fingerprint density at radius 3 is 1.95 bits per heavy atom. The Morgan fingerprint density at radius 1 is 0.730 bits per heavy atom. The molecule has 0 aliphatic carbocycles. The predicted molar refractivity (Wildman–Crippen MR) is 149 cm³/mol. The second-order valence-corrected chi connectivity index (χ2v) is 9.52. The van der Waals surface area contributed by atoms with Gasteiger partial charge in [-0.15, -0.1) is 11.3 Å². The third-order valence-corrected chi connectivity index (χ3v) is 6.94. The standard InChI is InChI=1S/C30H34N2O4S/c1-33-27-14-12-23(13-15-27)9-6-16-36-21-26-22-37-30(31-26)32(19-24-7-4-10-28(17-24)34-2)20-25-8-5-11-29(18-25)35-3/h4-5,7-8,10-15,17-18,22H,6,9,16,19-21H2,1-3H3. The van der Waals surface area contributed by atoms with E-state index in [9.17, 15) is 0 Å². The molecule has 7 heteroatoms. The molecule has 6 nitrogen and oxygen atoms in total. The van der Waals surface area contributed by atoms with Gasteiger partial charge >= 0.3 is 0 Å². The van der Waals surface area contributed by atoms with E-state index in [1.165, 1.54) is 5.56 Å². The quantitative estimate of drug-likeness (QED) is 0.177. The summed E-state index contributed by atoms with van der Waals surface area (Å²) in [6.45, 7) is 2.62. The fraction of sp³-hybridized carbons (Fsp3) is 0.300. The molecule has 3 aromatic carbocycles. The normalized spacial score (nSPS) is 10.8. The van der Waals surface area contributed by atoms with Crippen LogP contribution in [0.3, 0.4) is 0 Å². The molecular formula is C30H34N2O4S. The Labute approximate surface area is 223 Å². The van der Waals surface area contributed by atoms with E-state index in [4.69, 9.17) is 23.9 Å². The number of hydrogen-bond donors (Lipinski definition) is 0. The van der Waals surface area contributed by atoms with Gasteiger partial charge in [0.2, 0.25) is 0 Å². The number of thiazole rings is 1. The number of aromatic nitrogens is 1. The summed E-state index contributed by atoms with van der Waals surface area (Å²) >= 11 is 1.64. The fourth-order valence-electron chi connectivity index (χ4n) is 4.03. The number of nitrogens with zero attached hydrogens (tertiary/aromatic N) is 2. The highest BCUT2D eigenvalue weighted by molar-refractivity contribution is 7.13. The third-order valence-electron chi connectivity index (χ3n) is 5.99. The van der Waals surface area contributed by atoms with Gasteiger partial charge in [-0.3, -0.25) is 0 Å². The number of rotatable bonds is 14. The summed E-state index contributed by atoms with van der Waals surface area (Å²) in [5.41, 5.74) is 4.55. The minimum atomic E-state index is 0.505. The van der Waals surface area contributed by atoms with Gasteiger partial charge in [-0.05, 0) is 65.9 Å². The summed E-state index contributed by atoms with van der Waals surface area (Å²) in [6.07, 6.45) is 1.93. The van der Waals surface area contributed by atoms with Gasteiger partial charge in [-0.2, -0.15) is 0 Å². The molecular weight excluding hydrogens is 484 g/mol. The minimum Gasteiger partial charge on any atom is -0.497 e. The predicted octanol–water partition coefficient (Wildman–Crippen LogP) is 6.53. The maximum absolute atomic E-state index is 5.94. The van der Waals surface area contributed by atoms with Crippen LogP contribution in [0, 0.1) is 0 Å². The smallest absolute Gasteiger partial charge is 0.186 e. The van der Waals surface area contributed by atoms with Crippen LogP contribution in [0.4, 0.5) is 5.13 Å². The van der Waals surface area contributed by atoms with Gasteiger partial charge in [0, 0.05) is 25.1 Å². The number of methoxy groups -OCH3 is 3. The topological polar surface area (TPSA) is 53.1 Å². The lowest BCUT2D eigenvalue weighted by molar-refractivity contribution is 0.116. The van der Waals surface area contributed by atoms with Crippen molar-refractivity contribution in [3.8, 4) is 17.2 Å². The van der Waals surface area contributed by atoms with E-state index in [1.807, 2.05) is 36.4 Å². The van der Waals surface area contributed by atoms with Crippen LogP contribution in [-0.4, -0.2) is 32.9 Å². The van der Waals surface area contributed by atoms with Crippen LogP contribution >= 0.6 is 11.3 Å². The Bertz CT molecular complexity index is 1190. The van der Waals surface area contributed by atoms with E-state index >= 15 is 0 Å². The van der Waals surface area contributed by atoms with E-state index in [0.29, 0.717) is 26.3 Å². The number of hydrogen-bond acceptors (Lipinski definition) is 7. The van der Waals surface area contributed by atoms with Crippen LogP contribution < -0.4 is 19.1 Å². The molecule has 4 rings (SSSR count). The Morgan fingerprint density at radius 2 is 1.35 bits per heavy atom. The summed E-state index contributed by atoms with van der Waals surface area (Å²) in [5, 5.41) is 3.05. The number of aryl methyl sites for hydroxylation is 1. The molecule has 0 aliphatic rings. The van der Waals surface area contributed by atoms with Crippen molar-refractivity contribution in [2.24, 2.45) is 0 Å². The van der Waals surface area contributed by atoms with Crippen LogP contribution in [0.1, 0.15) is 28.8 Å². The first-order valence-electron chi connectivity index (χ1n) is 12.3. The summed E-state index contributed by atoms with van der Waals surface area (Å²) in [7, 11) is 5.07. The fourth-order valence-corrected chi connectivity index (χ4v) is 4.84. The Hall–Kier alpha value is -3.55. The molecule has 4 aromatic rings. The lowest BCUT2D eigenvalue weighted by Gasteiger charge is -2.22. The second kappa shape index (κ2) is 13.7. The maximum Gasteiger partial charge on any atom is 0.186 e. The van der Waals surface area contributed by atoms with E-state index in [-0.39, 0.29) is 0 Å². The monoisotopic (exact) mass is 518 g/mol. The molecule has 0 saturated heterocycles. The van der Waals surface area contributed by atoms with E-state index in [2.05, 4.69) is 46.7 Å². The van der Waals surface area contributed by atoms with Crippen molar-refractivity contribution in [3.63, 3.8) is 0 Å². The average molecular weight is 519 g/mol. The SMILES string of the molecule is COc1ccc(CCCOCc2csc(N(Cc3cccc(OC)c3)Cc3cccc(OC)c3)n2)cc1. The summed E-state index contributed by atoms with van der Waals surface area (Å²) in [5.74, 6) is 2.58. The minimum absolute atomic E-state index is 0.505. The summed E-state index contributed by atoms with van der Waals surface area (Å²) < 4.78 is 22.0. The van der Waals surface area contributed by atoms with Crippen LogP contribution in [0.25, 0.3) is 0 Å². The molecule has 0 amide bonds. The molecule has 0 radical (unpaired) electrons. The molecule has 0 unspecified atom stereocenters. The Balaban J connectivity index is 1.37. The molecule has 0 N–H and O–H groups in total. The lowest BCUT2D eigenvalue weighted by atomic mass is 10.1. The Kier molecular flexibility index (Phi) is 9.80. The first-order valence-corrected chi connectivity index (χ1v) is 13.2. The highest BCUT2D eigenvalue weighted by atomic mass is 32.1. The van der Waals surface area contributed by atoms with Gasteiger partial charge in [-0.1, -0.05) is 36.4 Å². The first-order chi connectivity index (χ1) is 18.2. The molecule has 0 aliphatic heterocycles. The molecule has 194 valence electrons. The van der Waals surface area contributed by atoms with Crippen molar-refractivity contribution in [1.29, 1.82) is 0 Å². The zero-order chi connectivity index (χ0) is 25.9. The first kappa shape index (κ1) is 26.5. The summed E-state index contributed by atoms with van der Waals surface area (Å²) in [4.78, 5) is 7.19. The van der Waals surface area contributed by atoms with Crippen LogP contribution in [0.2, 0.25) is 0 Å². The lowest BCUT2D eigenvalue weighted by Crippen LogP contribution is -2.22. The van der Waals surface area contributed by atoms with Gasteiger partial charge in [0.25, 0.3) is 0 Å². The van der Waals surface area contributed by atoms with Crippen LogP contribution in [0.15, 0.2) is 78.2 Å². The highest BCUT2D eigenvalue weighted by Gasteiger charge is 2.14. The zero-order valence-electron chi connectivity index (χ0n) is 21.7. The van der Waals surface area contributed by atoms with Crippen molar-refractivity contribution in [2.45, 2.75) is 32.5 Å². The molecule has 0 spiro atoms. The highest BCUT2D eigenvalue weighted by Crippen LogP contribution is 2.27. The molecule has 0 bridgehead atoms. The van der Waals surface area contributed by atoms with E-state index in [1.54, 1.807) is 32.7 Å². The van der Waals surface area contributed by atoms with Crippen molar-refractivity contribution >= 4 is 16.5 Å². The average Bonchev–Trinajstić information content (AvgIpc) is 3.42. The molecule has 0 fully saturated rings. The molecule has 0 atom stereocenters. The van der Waals surface area contributed by atoms with Gasteiger partial charge in [0.05, 0.1) is 33.6 Å². The van der Waals surface area contributed by atoms with E-state index in [0.717, 1.165) is 52.0 Å². The van der Waals surface area contributed by atoms with Gasteiger partial charge < -0.3 is 23.8 Å². The van der Waals surface area contributed by atoms with Crippen molar-refractivity contribution in [2.75, 3.05) is 32.8 Å². The van der Waals surface area contributed by atoms with Crippen LogP contribution in [-0.2, 0) is 30.9 Å². The van der Waals surface area contributed by atoms with Gasteiger partial charge in [0.1, 0.15) is 17.2 Å². The molecule has 1 heterocycles. The number of benzene rings is 3. The maximum atomic E-state index is 5.94. The molecule has 0 saturated carbocycles. The number of anilines is 1. The van der Waals surface area contributed by atoms with E-state index < -0.39 is 0 Å².